The number of hydrogen-bond donors (Lipinski definition) is 1. The van der Waals surface area contributed by atoms with Crippen LogP contribution in [0.25, 0.3) is 0 Å². The average Bonchev–Trinajstić information content (AvgIpc) is 2.41. The van der Waals surface area contributed by atoms with Gasteiger partial charge in [-0.05, 0) is 46.8 Å². The maximum Gasteiger partial charge on any atom is 0.303 e. The molecular formula is C14H14BrFN2O2. The molecule has 0 spiro atoms. The highest BCUT2D eigenvalue weighted by atomic mass is 79.9. The highest BCUT2D eigenvalue weighted by molar-refractivity contribution is 9.10. The van der Waals surface area contributed by atoms with Crippen molar-refractivity contribution in [2.24, 2.45) is 5.92 Å². The van der Waals surface area contributed by atoms with Crippen LogP contribution < -0.4 is 4.90 Å². The SMILES string of the molecule is N#Cc1ccc(N2CCCC(CC(=O)O)C2)c(F)c1Br. The van der Waals surface area contributed by atoms with Crippen molar-refractivity contribution in [2.75, 3.05) is 18.0 Å². The second kappa shape index (κ2) is 6.23. The minimum atomic E-state index is -0.821. The zero-order valence-corrected chi connectivity index (χ0v) is 12.4. The van der Waals surface area contributed by atoms with E-state index in [9.17, 15) is 9.18 Å². The second-order valence-electron chi connectivity index (χ2n) is 4.92. The number of nitriles is 1. The number of anilines is 1. The standard InChI is InChI=1S/C14H14BrFN2O2/c15-13-10(7-17)3-4-11(14(13)16)18-5-1-2-9(8-18)6-12(19)20/h3-4,9H,1-2,5-6,8H2,(H,19,20). The Hall–Kier alpha value is -1.61. The average molecular weight is 341 g/mol. The predicted octanol–water partition coefficient (Wildman–Crippen LogP) is 3.15. The molecule has 1 unspecified atom stereocenters. The van der Waals surface area contributed by atoms with Crippen molar-refractivity contribution in [1.82, 2.24) is 0 Å². The molecule has 106 valence electrons. The van der Waals surface area contributed by atoms with Gasteiger partial charge in [0.25, 0.3) is 0 Å². The van der Waals surface area contributed by atoms with Crippen molar-refractivity contribution < 1.29 is 14.3 Å². The molecule has 0 aliphatic carbocycles. The van der Waals surface area contributed by atoms with Crippen molar-refractivity contribution in [3.63, 3.8) is 0 Å². The molecule has 1 aliphatic heterocycles. The second-order valence-corrected chi connectivity index (χ2v) is 5.72. The summed E-state index contributed by atoms with van der Waals surface area (Å²) in [5.74, 6) is -1.24. The van der Waals surface area contributed by atoms with Crippen LogP contribution in [-0.2, 0) is 4.79 Å². The summed E-state index contributed by atoms with van der Waals surface area (Å²) in [5, 5.41) is 17.7. The summed E-state index contributed by atoms with van der Waals surface area (Å²) in [5.41, 5.74) is 0.677. The molecule has 1 N–H and O–H groups in total. The van der Waals surface area contributed by atoms with Gasteiger partial charge in [-0.15, -0.1) is 0 Å². The fourth-order valence-corrected chi connectivity index (χ4v) is 2.99. The van der Waals surface area contributed by atoms with E-state index in [1.54, 1.807) is 12.1 Å². The van der Waals surface area contributed by atoms with Gasteiger partial charge in [-0.2, -0.15) is 5.26 Å². The van der Waals surface area contributed by atoms with Crippen LogP contribution in [0.2, 0.25) is 0 Å². The van der Waals surface area contributed by atoms with E-state index in [0.717, 1.165) is 12.8 Å². The van der Waals surface area contributed by atoms with E-state index in [4.69, 9.17) is 10.4 Å². The molecule has 1 heterocycles. The lowest BCUT2D eigenvalue weighted by Crippen LogP contribution is -2.36. The Kier molecular flexibility index (Phi) is 4.61. The first kappa shape index (κ1) is 14.8. The number of piperidine rings is 1. The number of carboxylic acid groups (broad SMARTS) is 1. The Morgan fingerprint density at radius 3 is 3.00 bits per heavy atom. The van der Waals surface area contributed by atoms with Gasteiger partial charge in [0.05, 0.1) is 15.7 Å². The Morgan fingerprint density at radius 2 is 2.35 bits per heavy atom. The molecule has 0 bridgehead atoms. The fourth-order valence-electron chi connectivity index (χ4n) is 2.57. The molecule has 1 atom stereocenters. The number of carbonyl (C=O) groups is 1. The summed E-state index contributed by atoms with van der Waals surface area (Å²) in [7, 11) is 0. The minimum absolute atomic E-state index is 0.0371. The van der Waals surface area contributed by atoms with Crippen LogP contribution in [0.5, 0.6) is 0 Å². The van der Waals surface area contributed by atoms with Crippen LogP contribution in [0.3, 0.4) is 0 Å². The van der Waals surface area contributed by atoms with Crippen LogP contribution in [0.1, 0.15) is 24.8 Å². The van der Waals surface area contributed by atoms with Crippen LogP contribution >= 0.6 is 15.9 Å². The smallest absolute Gasteiger partial charge is 0.303 e. The van der Waals surface area contributed by atoms with E-state index < -0.39 is 11.8 Å². The van der Waals surface area contributed by atoms with Gasteiger partial charge in [0.1, 0.15) is 6.07 Å². The van der Waals surface area contributed by atoms with Gasteiger partial charge in [-0.25, -0.2) is 4.39 Å². The molecule has 2 rings (SSSR count). The van der Waals surface area contributed by atoms with Gasteiger partial charge < -0.3 is 10.0 Å². The Morgan fingerprint density at radius 1 is 1.60 bits per heavy atom. The lowest BCUT2D eigenvalue weighted by atomic mass is 9.94. The van der Waals surface area contributed by atoms with Crippen LogP contribution in [0.15, 0.2) is 16.6 Å². The topological polar surface area (TPSA) is 64.3 Å². The predicted molar refractivity (Wildman–Crippen MR) is 76.0 cm³/mol. The quantitative estimate of drug-likeness (QED) is 0.917. The third-order valence-electron chi connectivity index (χ3n) is 3.51. The van der Waals surface area contributed by atoms with Gasteiger partial charge in [-0.1, -0.05) is 0 Å². The highest BCUT2D eigenvalue weighted by Crippen LogP contribution is 2.32. The number of aliphatic carboxylic acids is 1. The van der Waals surface area contributed by atoms with Gasteiger partial charge in [0.15, 0.2) is 5.82 Å². The summed E-state index contributed by atoms with van der Waals surface area (Å²) < 4.78 is 14.4. The van der Waals surface area contributed by atoms with E-state index in [2.05, 4.69) is 15.9 Å². The van der Waals surface area contributed by atoms with Crippen LogP contribution in [0, 0.1) is 23.1 Å². The van der Waals surface area contributed by atoms with Crippen molar-refractivity contribution in [2.45, 2.75) is 19.3 Å². The van der Waals surface area contributed by atoms with E-state index in [1.807, 2.05) is 11.0 Å². The minimum Gasteiger partial charge on any atom is -0.481 e. The lowest BCUT2D eigenvalue weighted by molar-refractivity contribution is -0.138. The maximum absolute atomic E-state index is 14.3. The van der Waals surface area contributed by atoms with Gasteiger partial charge in [-0.3, -0.25) is 4.79 Å². The van der Waals surface area contributed by atoms with Crippen molar-refractivity contribution in [1.29, 1.82) is 5.26 Å². The molecule has 4 nitrogen and oxygen atoms in total. The molecule has 6 heteroatoms. The molecule has 0 amide bonds. The van der Waals surface area contributed by atoms with E-state index >= 15 is 0 Å². The highest BCUT2D eigenvalue weighted by Gasteiger charge is 2.25. The monoisotopic (exact) mass is 340 g/mol. The third-order valence-corrected chi connectivity index (χ3v) is 4.28. The zero-order chi connectivity index (χ0) is 14.7. The number of carboxylic acids is 1. The molecule has 0 saturated carbocycles. The summed E-state index contributed by atoms with van der Waals surface area (Å²) in [6, 6.07) is 5.08. The molecule has 1 fully saturated rings. The normalized spacial score (nSPS) is 18.6. The number of hydrogen-bond acceptors (Lipinski definition) is 3. The summed E-state index contributed by atoms with van der Waals surface area (Å²) >= 11 is 3.09. The van der Waals surface area contributed by atoms with Crippen molar-refractivity contribution in [3.05, 3.63) is 28.0 Å². The Bertz CT molecular complexity index is 571. The van der Waals surface area contributed by atoms with E-state index in [-0.39, 0.29) is 22.4 Å². The summed E-state index contributed by atoms with van der Waals surface area (Å²) in [6.07, 6.45) is 1.80. The number of nitrogens with zero attached hydrogens (tertiary/aromatic N) is 2. The molecule has 1 aromatic carbocycles. The first-order chi connectivity index (χ1) is 9.52. The lowest BCUT2D eigenvalue weighted by Gasteiger charge is -2.34. The largest absolute Gasteiger partial charge is 0.481 e. The Labute approximate surface area is 124 Å². The third kappa shape index (κ3) is 3.10. The molecule has 1 saturated heterocycles. The van der Waals surface area contributed by atoms with Crippen LogP contribution in [-0.4, -0.2) is 24.2 Å². The molecular weight excluding hydrogens is 327 g/mol. The van der Waals surface area contributed by atoms with Gasteiger partial charge in [0, 0.05) is 19.5 Å². The zero-order valence-electron chi connectivity index (χ0n) is 10.8. The molecule has 1 aromatic rings. The van der Waals surface area contributed by atoms with Crippen LogP contribution in [0.4, 0.5) is 10.1 Å². The maximum atomic E-state index is 14.3. The summed E-state index contributed by atoms with van der Waals surface area (Å²) in [4.78, 5) is 12.6. The van der Waals surface area contributed by atoms with E-state index in [0.29, 0.717) is 18.8 Å². The first-order valence-corrected chi connectivity index (χ1v) is 7.17. The first-order valence-electron chi connectivity index (χ1n) is 6.37. The molecule has 0 aromatic heterocycles. The molecule has 1 aliphatic rings. The van der Waals surface area contributed by atoms with Crippen molar-refractivity contribution >= 4 is 27.6 Å². The Balaban J connectivity index is 2.21. The fraction of sp³-hybridized carbons (Fsp3) is 0.429. The van der Waals surface area contributed by atoms with Gasteiger partial charge >= 0.3 is 5.97 Å². The van der Waals surface area contributed by atoms with Crippen molar-refractivity contribution in [3.8, 4) is 6.07 Å². The van der Waals surface area contributed by atoms with E-state index in [1.165, 1.54) is 0 Å². The number of rotatable bonds is 3. The number of benzene rings is 1. The summed E-state index contributed by atoms with van der Waals surface area (Å²) in [6.45, 7) is 1.23. The number of halogens is 2. The molecule has 20 heavy (non-hydrogen) atoms. The molecule has 0 radical (unpaired) electrons. The van der Waals surface area contributed by atoms with Gasteiger partial charge in [0.2, 0.25) is 0 Å².